The molecule has 0 unspecified atom stereocenters. The number of rotatable bonds is 15. The van der Waals surface area contributed by atoms with E-state index in [0.29, 0.717) is 0 Å². The Hall–Kier alpha value is -7.35. The van der Waals surface area contributed by atoms with Gasteiger partial charge in [0.2, 0.25) is 5.79 Å². The van der Waals surface area contributed by atoms with E-state index in [2.05, 4.69) is 0 Å². The molecule has 1 aliphatic heterocycles. The molecule has 0 saturated carbocycles. The zero-order chi connectivity index (χ0) is 42.6. The van der Waals surface area contributed by atoms with E-state index in [0.717, 1.165) is 0 Å². The number of esters is 5. The number of hydrogen-bond donors (Lipinski definition) is 0. The van der Waals surface area contributed by atoms with Crippen molar-refractivity contribution in [2.45, 2.75) is 42.7 Å². The lowest BCUT2D eigenvalue weighted by Gasteiger charge is -2.48. The maximum Gasteiger partial charge on any atom is 0.338 e. The fourth-order valence-corrected chi connectivity index (χ4v) is 6.78. The van der Waals surface area contributed by atoms with Gasteiger partial charge in [-0.1, -0.05) is 91.0 Å². The Morgan fingerprint density at radius 3 is 1.46 bits per heavy atom. The summed E-state index contributed by atoms with van der Waals surface area (Å²) in [5.74, 6) is -6.04. The molecule has 1 aliphatic rings. The third kappa shape index (κ3) is 10.1. The minimum Gasteiger partial charge on any atom is -0.464 e. The molecule has 5 aromatic carbocycles. The molecule has 7 rings (SSSR count). The monoisotopic (exact) mass is 824 g/mol. The highest BCUT2D eigenvalue weighted by Gasteiger charge is 2.58. The second kappa shape index (κ2) is 19.6. The number of methoxy groups -OCH3 is 1. The van der Waals surface area contributed by atoms with Gasteiger partial charge in [0.15, 0.2) is 24.1 Å². The Morgan fingerprint density at radius 1 is 0.557 bits per heavy atom. The Morgan fingerprint density at radius 2 is 1.00 bits per heavy atom. The van der Waals surface area contributed by atoms with E-state index < -0.39 is 72.8 Å². The quantitative estimate of drug-likeness (QED) is 0.0735. The summed E-state index contributed by atoms with van der Waals surface area (Å²) in [6.45, 7) is -0.701. The first-order valence-corrected chi connectivity index (χ1v) is 19.3. The van der Waals surface area contributed by atoms with Crippen molar-refractivity contribution in [3.63, 3.8) is 0 Å². The minimum atomic E-state index is -1.91. The molecule has 0 bridgehead atoms. The van der Waals surface area contributed by atoms with Crippen LogP contribution in [0.25, 0.3) is 0 Å². The summed E-state index contributed by atoms with van der Waals surface area (Å²) in [6.07, 6.45) is -7.14. The van der Waals surface area contributed by atoms with Gasteiger partial charge in [0, 0.05) is 7.11 Å². The van der Waals surface area contributed by atoms with Crippen molar-refractivity contribution in [3.05, 3.63) is 204 Å². The first kappa shape index (κ1) is 41.8. The van der Waals surface area contributed by atoms with Crippen LogP contribution in [-0.4, -0.2) is 74.1 Å². The molecule has 6 atom stereocenters. The number of carbonyl (C=O) groups excluding carboxylic acids is 5. The van der Waals surface area contributed by atoms with E-state index in [1.54, 1.807) is 115 Å². The van der Waals surface area contributed by atoms with Crippen LogP contribution in [0.4, 0.5) is 0 Å². The smallest absolute Gasteiger partial charge is 0.338 e. The number of furan rings is 1. The molecular weight excluding hydrogens is 785 g/mol. The third-order valence-corrected chi connectivity index (χ3v) is 9.83. The first-order valence-electron chi connectivity index (χ1n) is 19.3. The van der Waals surface area contributed by atoms with E-state index in [4.69, 9.17) is 37.6 Å². The Labute approximate surface area is 350 Å². The lowest BCUT2D eigenvalue weighted by Crippen LogP contribution is -2.63. The van der Waals surface area contributed by atoms with Crippen LogP contribution in [0.5, 0.6) is 0 Å². The molecule has 6 aromatic rings. The van der Waals surface area contributed by atoms with Gasteiger partial charge in [-0.15, -0.1) is 0 Å². The van der Waals surface area contributed by atoms with Gasteiger partial charge in [0.25, 0.3) is 0 Å². The van der Waals surface area contributed by atoms with E-state index in [1.165, 1.54) is 61.9 Å². The fourth-order valence-electron chi connectivity index (χ4n) is 6.78. The number of ether oxygens (including phenoxy) is 7. The number of hydrogen-bond acceptors (Lipinski definition) is 13. The number of carbonyl (C=O) groups is 5. The van der Waals surface area contributed by atoms with E-state index in [-0.39, 0.29) is 40.0 Å². The summed E-state index contributed by atoms with van der Waals surface area (Å²) in [4.78, 5) is 69.6. The van der Waals surface area contributed by atoms with Crippen molar-refractivity contribution < 1.29 is 61.5 Å². The summed E-state index contributed by atoms with van der Waals surface area (Å²) in [6, 6.07) is 43.3. The van der Waals surface area contributed by atoms with Crippen molar-refractivity contribution in [2.75, 3.05) is 13.7 Å². The molecular formula is C48H40O13. The average molecular weight is 825 g/mol. The molecule has 0 aliphatic carbocycles. The minimum absolute atomic E-state index is 0.0895. The SMILES string of the molecule is CO[C@@]1(c2ccco2)C[C@H](OC(=O)c2ccccc2)[C@H](OC(=O)c2ccccc2)[C@H]([C@H](OC(=O)c2ccccc2)[C@@H](COC(=O)c2ccccc2)OC(=O)c2ccccc2)O1. The molecule has 310 valence electrons. The van der Waals surface area contributed by atoms with Crippen LogP contribution in [0.1, 0.15) is 64.0 Å². The van der Waals surface area contributed by atoms with Gasteiger partial charge in [-0.05, 0) is 72.8 Å². The largest absolute Gasteiger partial charge is 0.464 e. The molecule has 0 N–H and O–H groups in total. The van der Waals surface area contributed by atoms with Gasteiger partial charge >= 0.3 is 29.8 Å². The summed E-state index contributed by atoms with van der Waals surface area (Å²) in [5.41, 5.74) is 0.691. The van der Waals surface area contributed by atoms with Gasteiger partial charge in [-0.3, -0.25) is 0 Å². The highest BCUT2D eigenvalue weighted by atomic mass is 16.7. The van der Waals surface area contributed by atoms with Crippen LogP contribution in [0.15, 0.2) is 174 Å². The van der Waals surface area contributed by atoms with Gasteiger partial charge in [-0.2, -0.15) is 0 Å². The zero-order valence-corrected chi connectivity index (χ0v) is 32.8. The van der Waals surface area contributed by atoms with E-state index in [1.807, 2.05) is 0 Å². The van der Waals surface area contributed by atoms with Crippen molar-refractivity contribution in [2.24, 2.45) is 0 Å². The summed E-state index contributed by atoms with van der Waals surface area (Å²) >= 11 is 0. The summed E-state index contributed by atoms with van der Waals surface area (Å²) < 4.78 is 49.2. The van der Waals surface area contributed by atoms with Crippen molar-refractivity contribution in [1.82, 2.24) is 0 Å². The summed E-state index contributed by atoms with van der Waals surface area (Å²) in [5, 5.41) is 0. The molecule has 0 amide bonds. The molecule has 13 heteroatoms. The maximum atomic E-state index is 14.2. The van der Waals surface area contributed by atoms with Crippen LogP contribution in [0.3, 0.4) is 0 Å². The van der Waals surface area contributed by atoms with Crippen molar-refractivity contribution in [1.29, 1.82) is 0 Å². The van der Waals surface area contributed by atoms with Crippen LogP contribution in [-0.2, 0) is 38.9 Å². The predicted octanol–water partition coefficient (Wildman–Crippen LogP) is 7.63. The Kier molecular flexibility index (Phi) is 13.4. The average Bonchev–Trinajstić information content (AvgIpc) is 3.88. The standard InChI is InChI=1S/C48H40O13/c1-54-48(39-28-17-29-55-39)30-37(57-44(50)33-20-9-3-10-21-33)40(59-46(52)35-24-13-5-14-25-35)42(61-48)41(60-47(53)36-26-15-6-16-27-36)38(58-45(51)34-22-11-4-12-23-34)31-56-43(49)32-18-7-2-8-19-32/h2-29,37-38,40-42H,30-31H2,1H3/t37-,38+,40-,41+,42+,48-/m0/s1. The lowest BCUT2D eigenvalue weighted by atomic mass is 9.88. The summed E-state index contributed by atoms with van der Waals surface area (Å²) in [7, 11) is 1.32. The second-order valence-electron chi connectivity index (χ2n) is 13.8. The predicted molar refractivity (Wildman–Crippen MR) is 216 cm³/mol. The third-order valence-electron chi connectivity index (χ3n) is 9.83. The van der Waals surface area contributed by atoms with Gasteiger partial charge in [-0.25, -0.2) is 24.0 Å². The topological polar surface area (TPSA) is 163 Å². The van der Waals surface area contributed by atoms with Crippen LogP contribution in [0, 0.1) is 0 Å². The molecule has 1 fully saturated rings. The normalized spacial score (nSPS) is 19.3. The van der Waals surface area contributed by atoms with Crippen LogP contribution < -0.4 is 0 Å². The van der Waals surface area contributed by atoms with Crippen molar-refractivity contribution in [3.8, 4) is 0 Å². The highest BCUT2D eigenvalue weighted by Crippen LogP contribution is 2.43. The maximum absolute atomic E-state index is 14.2. The Balaban J connectivity index is 1.38. The van der Waals surface area contributed by atoms with Gasteiger partial charge < -0.3 is 37.6 Å². The highest BCUT2D eigenvalue weighted by molar-refractivity contribution is 5.92. The molecule has 1 saturated heterocycles. The molecule has 0 spiro atoms. The van der Waals surface area contributed by atoms with Crippen molar-refractivity contribution >= 4 is 29.8 Å². The van der Waals surface area contributed by atoms with Gasteiger partial charge in [0.1, 0.15) is 18.8 Å². The van der Waals surface area contributed by atoms with Gasteiger partial charge in [0.05, 0.1) is 40.5 Å². The molecule has 61 heavy (non-hydrogen) atoms. The van der Waals surface area contributed by atoms with E-state index >= 15 is 0 Å². The van der Waals surface area contributed by atoms with Crippen LogP contribution in [0.2, 0.25) is 0 Å². The lowest BCUT2D eigenvalue weighted by molar-refractivity contribution is -0.341. The first-order chi connectivity index (χ1) is 29.7. The molecule has 13 nitrogen and oxygen atoms in total. The molecule has 1 aromatic heterocycles. The molecule has 2 heterocycles. The fraction of sp³-hybridized carbons (Fsp3) is 0.188. The zero-order valence-electron chi connectivity index (χ0n) is 32.8. The molecule has 0 radical (unpaired) electrons. The van der Waals surface area contributed by atoms with E-state index in [9.17, 15) is 24.0 Å². The number of benzene rings is 5. The Bertz CT molecular complexity index is 2370. The van der Waals surface area contributed by atoms with Crippen LogP contribution >= 0.6 is 0 Å². The second-order valence-corrected chi connectivity index (χ2v) is 13.8.